The number of hydrogen-bond donors (Lipinski definition) is 2. The molecule has 3 rings (SSSR count). The van der Waals surface area contributed by atoms with Crippen LogP contribution in [0.3, 0.4) is 0 Å². The third-order valence-corrected chi connectivity index (χ3v) is 4.34. The minimum atomic E-state index is 0.0340. The Labute approximate surface area is 157 Å². The van der Waals surface area contributed by atoms with Crippen molar-refractivity contribution >= 4 is 40.5 Å². The van der Waals surface area contributed by atoms with Gasteiger partial charge in [0.1, 0.15) is 5.82 Å². The molecule has 3 aromatic rings. The van der Waals surface area contributed by atoms with Crippen LogP contribution < -0.4 is 10.6 Å². The predicted octanol–water partition coefficient (Wildman–Crippen LogP) is 5.44. The second-order valence-electron chi connectivity index (χ2n) is 6.01. The molecule has 0 aliphatic rings. The topological polar surface area (TPSA) is 66.9 Å². The fraction of sp³-hybridized carbons (Fsp3) is 0.150. The minimum Gasteiger partial charge on any atom is -0.340 e. The molecule has 0 bridgehead atoms. The first kappa shape index (κ1) is 17.9. The maximum atomic E-state index is 11.4. The second kappa shape index (κ2) is 7.54. The van der Waals surface area contributed by atoms with Gasteiger partial charge in [0.15, 0.2) is 5.78 Å². The summed E-state index contributed by atoms with van der Waals surface area (Å²) in [6.45, 7) is 5.40. The van der Waals surface area contributed by atoms with E-state index in [1.807, 2.05) is 50.2 Å². The number of aryl methyl sites for hydroxylation is 1. The van der Waals surface area contributed by atoms with E-state index in [1.165, 1.54) is 0 Å². The first-order valence-corrected chi connectivity index (χ1v) is 8.56. The number of halogens is 1. The highest BCUT2D eigenvalue weighted by Crippen LogP contribution is 2.26. The van der Waals surface area contributed by atoms with Gasteiger partial charge in [-0.2, -0.15) is 4.98 Å². The highest BCUT2D eigenvalue weighted by atomic mass is 35.5. The molecule has 1 aromatic heterocycles. The average Bonchev–Trinajstić information content (AvgIpc) is 2.59. The van der Waals surface area contributed by atoms with Gasteiger partial charge in [0, 0.05) is 33.7 Å². The first-order chi connectivity index (χ1) is 12.4. The third-order valence-electron chi connectivity index (χ3n) is 3.93. The molecule has 2 N–H and O–H groups in total. The van der Waals surface area contributed by atoms with Crippen molar-refractivity contribution in [3.63, 3.8) is 0 Å². The van der Waals surface area contributed by atoms with E-state index in [1.54, 1.807) is 19.1 Å². The molecule has 132 valence electrons. The minimum absolute atomic E-state index is 0.0340. The summed E-state index contributed by atoms with van der Waals surface area (Å²) in [5, 5.41) is 7.15. The molecule has 0 spiro atoms. The standard InChI is InChI=1S/C20H19ClN4O/c1-12-11-19(24-18-6-4-5-17(21)13(18)2)25-20(22-12)23-16-9-7-15(8-10-16)14(3)26/h4-11H,1-3H3,(H2,22,23,24,25). The zero-order chi connectivity index (χ0) is 18.7. The number of carbonyl (C=O) groups is 1. The van der Waals surface area contributed by atoms with Crippen molar-refractivity contribution in [3.05, 3.63) is 70.4 Å². The van der Waals surface area contributed by atoms with Crippen LogP contribution in [0.4, 0.5) is 23.1 Å². The Morgan fingerprint density at radius 3 is 2.42 bits per heavy atom. The van der Waals surface area contributed by atoms with Gasteiger partial charge in [-0.25, -0.2) is 4.98 Å². The van der Waals surface area contributed by atoms with Gasteiger partial charge in [0.25, 0.3) is 0 Å². The number of carbonyl (C=O) groups excluding carboxylic acids is 1. The molecule has 0 unspecified atom stereocenters. The molecular formula is C20H19ClN4O. The van der Waals surface area contributed by atoms with Crippen LogP contribution in [-0.2, 0) is 0 Å². The molecule has 0 fully saturated rings. The number of benzene rings is 2. The molecule has 26 heavy (non-hydrogen) atoms. The molecular weight excluding hydrogens is 348 g/mol. The molecule has 0 aliphatic carbocycles. The predicted molar refractivity (Wildman–Crippen MR) is 106 cm³/mol. The van der Waals surface area contributed by atoms with Crippen LogP contribution in [0, 0.1) is 13.8 Å². The number of anilines is 4. The SMILES string of the molecule is CC(=O)c1ccc(Nc2nc(C)cc(Nc3cccc(Cl)c3C)n2)cc1. The zero-order valence-corrected chi connectivity index (χ0v) is 15.6. The van der Waals surface area contributed by atoms with Crippen LogP contribution in [0.5, 0.6) is 0 Å². The van der Waals surface area contributed by atoms with Crippen molar-refractivity contribution in [1.29, 1.82) is 0 Å². The van der Waals surface area contributed by atoms with E-state index in [2.05, 4.69) is 20.6 Å². The van der Waals surface area contributed by atoms with Crippen LogP contribution in [0.15, 0.2) is 48.5 Å². The Morgan fingerprint density at radius 2 is 1.73 bits per heavy atom. The summed E-state index contributed by atoms with van der Waals surface area (Å²) in [6, 6.07) is 14.8. The summed E-state index contributed by atoms with van der Waals surface area (Å²) in [7, 11) is 0. The van der Waals surface area contributed by atoms with E-state index in [-0.39, 0.29) is 5.78 Å². The molecule has 0 amide bonds. The summed E-state index contributed by atoms with van der Waals surface area (Å²) in [4.78, 5) is 20.3. The molecule has 6 heteroatoms. The number of nitrogens with zero attached hydrogens (tertiary/aromatic N) is 2. The molecule has 0 atom stereocenters. The molecule has 0 aliphatic heterocycles. The fourth-order valence-corrected chi connectivity index (χ4v) is 2.66. The lowest BCUT2D eigenvalue weighted by Crippen LogP contribution is -2.03. The van der Waals surface area contributed by atoms with E-state index < -0.39 is 0 Å². The quantitative estimate of drug-likeness (QED) is 0.589. The molecule has 1 heterocycles. The van der Waals surface area contributed by atoms with Gasteiger partial charge in [-0.05, 0) is 62.7 Å². The van der Waals surface area contributed by atoms with E-state index >= 15 is 0 Å². The summed E-state index contributed by atoms with van der Waals surface area (Å²) in [5.74, 6) is 1.18. The Hall–Kier alpha value is -2.92. The van der Waals surface area contributed by atoms with Crippen molar-refractivity contribution in [1.82, 2.24) is 9.97 Å². The molecule has 0 radical (unpaired) electrons. The number of aromatic nitrogens is 2. The highest BCUT2D eigenvalue weighted by Gasteiger charge is 2.07. The number of Topliss-reactive ketones (excluding diaryl/α,β-unsaturated/α-hetero) is 1. The van der Waals surface area contributed by atoms with Crippen LogP contribution >= 0.6 is 11.6 Å². The number of nitrogens with one attached hydrogen (secondary N) is 2. The molecule has 5 nitrogen and oxygen atoms in total. The third kappa shape index (κ3) is 4.18. The summed E-state index contributed by atoms with van der Waals surface area (Å²) in [6.07, 6.45) is 0. The maximum absolute atomic E-state index is 11.4. The van der Waals surface area contributed by atoms with Gasteiger partial charge < -0.3 is 10.6 Å². The lowest BCUT2D eigenvalue weighted by atomic mass is 10.1. The Balaban J connectivity index is 1.83. The Morgan fingerprint density at radius 1 is 1.00 bits per heavy atom. The van der Waals surface area contributed by atoms with Gasteiger partial charge in [-0.3, -0.25) is 4.79 Å². The lowest BCUT2D eigenvalue weighted by Gasteiger charge is -2.12. The van der Waals surface area contributed by atoms with Crippen LogP contribution in [-0.4, -0.2) is 15.8 Å². The largest absolute Gasteiger partial charge is 0.340 e. The van der Waals surface area contributed by atoms with E-state index in [0.717, 1.165) is 22.6 Å². The van der Waals surface area contributed by atoms with Crippen LogP contribution in [0.2, 0.25) is 5.02 Å². The van der Waals surface area contributed by atoms with Crippen molar-refractivity contribution < 1.29 is 4.79 Å². The smallest absolute Gasteiger partial charge is 0.229 e. The number of rotatable bonds is 5. The monoisotopic (exact) mass is 366 g/mol. The van der Waals surface area contributed by atoms with Gasteiger partial charge in [0.2, 0.25) is 5.95 Å². The van der Waals surface area contributed by atoms with Crippen molar-refractivity contribution in [2.24, 2.45) is 0 Å². The first-order valence-electron chi connectivity index (χ1n) is 8.18. The Kier molecular flexibility index (Phi) is 5.19. The summed E-state index contributed by atoms with van der Waals surface area (Å²) >= 11 is 6.18. The van der Waals surface area contributed by atoms with E-state index in [0.29, 0.717) is 22.4 Å². The highest BCUT2D eigenvalue weighted by molar-refractivity contribution is 6.31. The number of ketones is 1. The van der Waals surface area contributed by atoms with E-state index in [9.17, 15) is 4.79 Å². The maximum Gasteiger partial charge on any atom is 0.229 e. The number of hydrogen-bond acceptors (Lipinski definition) is 5. The van der Waals surface area contributed by atoms with Crippen LogP contribution in [0.25, 0.3) is 0 Å². The Bertz CT molecular complexity index is 955. The summed E-state index contributed by atoms with van der Waals surface area (Å²) in [5.41, 5.74) is 4.15. The van der Waals surface area contributed by atoms with Crippen molar-refractivity contribution in [3.8, 4) is 0 Å². The summed E-state index contributed by atoms with van der Waals surface area (Å²) < 4.78 is 0. The van der Waals surface area contributed by atoms with Gasteiger partial charge in [-0.1, -0.05) is 17.7 Å². The second-order valence-corrected chi connectivity index (χ2v) is 6.42. The van der Waals surface area contributed by atoms with Crippen molar-refractivity contribution in [2.45, 2.75) is 20.8 Å². The zero-order valence-electron chi connectivity index (χ0n) is 14.8. The lowest BCUT2D eigenvalue weighted by molar-refractivity contribution is 0.101. The normalized spacial score (nSPS) is 10.5. The molecule has 0 saturated heterocycles. The molecule has 0 saturated carbocycles. The van der Waals surface area contributed by atoms with Crippen LogP contribution in [0.1, 0.15) is 28.5 Å². The fourth-order valence-electron chi connectivity index (χ4n) is 2.49. The van der Waals surface area contributed by atoms with Gasteiger partial charge in [-0.15, -0.1) is 0 Å². The van der Waals surface area contributed by atoms with Gasteiger partial charge in [0.05, 0.1) is 0 Å². The molecule has 2 aromatic carbocycles. The van der Waals surface area contributed by atoms with Crippen molar-refractivity contribution in [2.75, 3.05) is 10.6 Å². The average molecular weight is 367 g/mol. The van der Waals surface area contributed by atoms with Gasteiger partial charge >= 0.3 is 0 Å². The van der Waals surface area contributed by atoms with E-state index in [4.69, 9.17) is 11.6 Å².